The van der Waals surface area contributed by atoms with Crippen molar-refractivity contribution in [3.8, 4) is 0 Å². The number of rotatable bonds is 5. The second-order valence-corrected chi connectivity index (χ2v) is 8.47. The minimum atomic E-state index is -3.96. The van der Waals surface area contributed by atoms with Crippen molar-refractivity contribution in [1.82, 2.24) is 14.6 Å². The number of carbonyl (C=O) groups excluding carboxylic acids is 1. The molecule has 3 rings (SSSR count). The second-order valence-electron chi connectivity index (χ2n) is 6.56. The molecule has 0 unspecified atom stereocenters. The first-order valence-corrected chi connectivity index (χ1v) is 10.3. The number of piperidine rings is 1. The average molecular weight is 391 g/mol. The highest BCUT2D eigenvalue weighted by molar-refractivity contribution is 7.89. The van der Waals surface area contributed by atoms with Gasteiger partial charge in [0.25, 0.3) is 5.91 Å². The van der Waals surface area contributed by atoms with Crippen LogP contribution < -0.4 is 5.32 Å². The smallest absolute Gasteiger partial charge is 0.251 e. The molecule has 1 saturated heterocycles. The Labute approximate surface area is 158 Å². The van der Waals surface area contributed by atoms with Crippen molar-refractivity contribution in [2.24, 2.45) is 0 Å². The number of pyridine rings is 1. The summed E-state index contributed by atoms with van der Waals surface area (Å²) in [4.78, 5) is 16.2. The monoisotopic (exact) mass is 391 g/mol. The number of nitrogens with zero attached hydrogens (tertiary/aromatic N) is 2. The number of aromatic nitrogens is 1. The van der Waals surface area contributed by atoms with Gasteiger partial charge in [-0.1, -0.05) is 12.5 Å². The quantitative estimate of drug-likeness (QED) is 0.850. The number of amides is 1. The molecular formula is C19H22FN3O3S. The van der Waals surface area contributed by atoms with Gasteiger partial charge in [0, 0.05) is 24.8 Å². The Morgan fingerprint density at radius 2 is 1.96 bits per heavy atom. The first-order valence-electron chi connectivity index (χ1n) is 8.88. The van der Waals surface area contributed by atoms with Crippen molar-refractivity contribution < 1.29 is 17.6 Å². The summed E-state index contributed by atoms with van der Waals surface area (Å²) in [5.74, 6) is -1.33. The number of benzene rings is 1. The van der Waals surface area contributed by atoms with Gasteiger partial charge in [-0.2, -0.15) is 4.31 Å². The second kappa shape index (κ2) is 8.14. The lowest BCUT2D eigenvalue weighted by Crippen LogP contribution is -2.36. The van der Waals surface area contributed by atoms with Gasteiger partial charge in [0.2, 0.25) is 10.0 Å². The Morgan fingerprint density at radius 1 is 1.22 bits per heavy atom. The van der Waals surface area contributed by atoms with Crippen molar-refractivity contribution in [3.05, 3.63) is 59.2 Å². The molecule has 2 heterocycles. The Hall–Kier alpha value is -2.32. The van der Waals surface area contributed by atoms with E-state index in [1.807, 2.05) is 13.0 Å². The van der Waals surface area contributed by atoms with E-state index in [1.54, 1.807) is 12.3 Å². The van der Waals surface area contributed by atoms with Gasteiger partial charge in [-0.25, -0.2) is 12.8 Å². The molecule has 1 amide bonds. The first-order chi connectivity index (χ1) is 12.9. The summed E-state index contributed by atoms with van der Waals surface area (Å²) in [5, 5.41) is 2.70. The molecule has 0 atom stereocenters. The third-order valence-electron chi connectivity index (χ3n) is 4.66. The highest BCUT2D eigenvalue weighted by Crippen LogP contribution is 2.24. The van der Waals surface area contributed by atoms with Crippen LogP contribution >= 0.6 is 0 Å². The van der Waals surface area contributed by atoms with Crippen LogP contribution in [-0.2, 0) is 16.6 Å². The van der Waals surface area contributed by atoms with E-state index in [0.717, 1.165) is 37.0 Å². The van der Waals surface area contributed by atoms with Crippen LogP contribution in [0.2, 0.25) is 0 Å². The molecule has 0 saturated carbocycles. The number of hydrogen-bond acceptors (Lipinski definition) is 4. The van der Waals surface area contributed by atoms with Gasteiger partial charge in [0.05, 0.1) is 12.2 Å². The van der Waals surface area contributed by atoms with Crippen molar-refractivity contribution in [2.75, 3.05) is 13.1 Å². The zero-order valence-electron chi connectivity index (χ0n) is 15.1. The van der Waals surface area contributed by atoms with Crippen molar-refractivity contribution in [1.29, 1.82) is 0 Å². The number of hydrogen-bond donors (Lipinski definition) is 1. The van der Waals surface area contributed by atoms with Crippen LogP contribution in [-0.4, -0.2) is 36.7 Å². The maximum atomic E-state index is 14.2. The SMILES string of the molecule is Cc1cccnc1CNC(=O)c1ccc(F)c(S(=O)(=O)N2CCCCC2)c1. The molecule has 6 nitrogen and oxygen atoms in total. The zero-order chi connectivity index (χ0) is 19.4. The fourth-order valence-corrected chi connectivity index (χ4v) is 4.66. The predicted octanol–water partition coefficient (Wildman–Crippen LogP) is 2.63. The molecular weight excluding hydrogens is 369 g/mol. The van der Waals surface area contributed by atoms with Crippen molar-refractivity contribution in [2.45, 2.75) is 37.6 Å². The minimum Gasteiger partial charge on any atom is -0.346 e. The summed E-state index contributed by atoms with van der Waals surface area (Å²) in [5.41, 5.74) is 1.75. The van der Waals surface area contributed by atoms with E-state index in [4.69, 9.17) is 0 Å². The van der Waals surface area contributed by atoms with Crippen LogP contribution in [0.1, 0.15) is 40.9 Å². The molecule has 1 aromatic heterocycles. The van der Waals surface area contributed by atoms with Crippen LogP contribution in [0, 0.1) is 12.7 Å². The third kappa shape index (κ3) is 4.33. The highest BCUT2D eigenvalue weighted by atomic mass is 32.2. The van der Waals surface area contributed by atoms with E-state index >= 15 is 0 Å². The molecule has 27 heavy (non-hydrogen) atoms. The number of nitrogens with one attached hydrogen (secondary N) is 1. The van der Waals surface area contributed by atoms with Crippen LogP contribution in [0.15, 0.2) is 41.4 Å². The molecule has 144 valence electrons. The van der Waals surface area contributed by atoms with Crippen molar-refractivity contribution >= 4 is 15.9 Å². The first kappa shape index (κ1) is 19.4. The van der Waals surface area contributed by atoms with Gasteiger partial charge in [0.15, 0.2) is 0 Å². The maximum absolute atomic E-state index is 14.2. The highest BCUT2D eigenvalue weighted by Gasteiger charge is 2.29. The Bertz CT molecular complexity index is 941. The summed E-state index contributed by atoms with van der Waals surface area (Å²) in [7, 11) is -3.96. The number of carbonyl (C=O) groups is 1. The zero-order valence-corrected chi connectivity index (χ0v) is 15.9. The van der Waals surface area contributed by atoms with E-state index in [0.29, 0.717) is 18.8 Å². The van der Waals surface area contributed by atoms with Gasteiger partial charge in [-0.15, -0.1) is 0 Å². The maximum Gasteiger partial charge on any atom is 0.251 e. The molecule has 2 aromatic rings. The van der Waals surface area contributed by atoms with E-state index < -0.39 is 26.6 Å². The molecule has 0 bridgehead atoms. The fourth-order valence-electron chi connectivity index (χ4n) is 3.06. The van der Waals surface area contributed by atoms with E-state index in [2.05, 4.69) is 10.3 Å². The number of sulfonamides is 1. The Balaban J connectivity index is 1.80. The summed E-state index contributed by atoms with van der Waals surface area (Å²) in [6.07, 6.45) is 4.11. The summed E-state index contributed by atoms with van der Waals surface area (Å²) >= 11 is 0. The van der Waals surface area contributed by atoms with Gasteiger partial charge in [-0.05, 0) is 49.6 Å². The lowest BCUT2D eigenvalue weighted by Gasteiger charge is -2.26. The molecule has 1 fully saturated rings. The summed E-state index contributed by atoms with van der Waals surface area (Å²) < 4.78 is 41.0. The molecule has 1 aliphatic rings. The van der Waals surface area contributed by atoms with Crippen LogP contribution in [0.25, 0.3) is 0 Å². The van der Waals surface area contributed by atoms with Crippen molar-refractivity contribution in [3.63, 3.8) is 0 Å². The van der Waals surface area contributed by atoms with E-state index in [9.17, 15) is 17.6 Å². The molecule has 1 N–H and O–H groups in total. The molecule has 1 aromatic carbocycles. The summed E-state index contributed by atoms with van der Waals surface area (Å²) in [6, 6.07) is 7.11. The van der Waals surface area contributed by atoms with Crippen LogP contribution in [0.3, 0.4) is 0 Å². The number of halogens is 1. The van der Waals surface area contributed by atoms with Crippen LogP contribution in [0.5, 0.6) is 0 Å². The molecule has 8 heteroatoms. The topological polar surface area (TPSA) is 79.4 Å². The predicted molar refractivity (Wildman–Crippen MR) is 99.2 cm³/mol. The largest absolute Gasteiger partial charge is 0.346 e. The number of aryl methyl sites for hydroxylation is 1. The standard InChI is InChI=1S/C19H22FN3O3S/c1-14-6-5-9-21-17(14)13-22-19(24)15-7-8-16(20)18(12-15)27(25,26)23-10-3-2-4-11-23/h5-9,12H,2-4,10-11,13H2,1H3,(H,22,24). The van der Waals surface area contributed by atoms with Gasteiger partial charge >= 0.3 is 0 Å². The van der Waals surface area contributed by atoms with Gasteiger partial charge in [-0.3, -0.25) is 9.78 Å². The lowest BCUT2D eigenvalue weighted by molar-refractivity contribution is 0.0950. The van der Waals surface area contributed by atoms with Crippen LogP contribution in [0.4, 0.5) is 4.39 Å². The fraction of sp³-hybridized carbons (Fsp3) is 0.368. The van der Waals surface area contributed by atoms with Gasteiger partial charge in [0.1, 0.15) is 10.7 Å². The Kier molecular flexibility index (Phi) is 5.86. The lowest BCUT2D eigenvalue weighted by atomic mass is 10.2. The summed E-state index contributed by atoms with van der Waals surface area (Å²) in [6.45, 7) is 2.83. The molecule has 0 aliphatic carbocycles. The normalized spacial score (nSPS) is 15.5. The minimum absolute atomic E-state index is 0.0977. The molecule has 0 spiro atoms. The molecule has 1 aliphatic heterocycles. The Morgan fingerprint density at radius 3 is 2.67 bits per heavy atom. The third-order valence-corrected chi connectivity index (χ3v) is 6.57. The van der Waals surface area contributed by atoms with E-state index in [-0.39, 0.29) is 12.1 Å². The van der Waals surface area contributed by atoms with E-state index in [1.165, 1.54) is 10.4 Å². The average Bonchev–Trinajstić information content (AvgIpc) is 2.68. The molecule has 0 radical (unpaired) electrons. The van der Waals surface area contributed by atoms with Gasteiger partial charge < -0.3 is 5.32 Å².